The molecule has 1 aromatic rings. The maximum absolute atomic E-state index is 11.2. The maximum Gasteiger partial charge on any atom is 0.325 e. The Morgan fingerprint density at radius 1 is 1.42 bits per heavy atom. The minimum Gasteiger partial charge on any atom is -0.286 e. The topological polar surface area (TPSA) is 25.9 Å². The fraction of sp³-hybridized carbons (Fsp3) is 0.556. The first-order valence-electron chi connectivity index (χ1n) is 3.99. The molecule has 3 heteroatoms. The summed E-state index contributed by atoms with van der Waals surface area (Å²) in [4.78, 5) is 11.2. The molecule has 0 fully saturated rings. The molecule has 0 bridgehead atoms. The molecule has 0 spiro atoms. The molecule has 1 heterocycles. The van der Waals surface area contributed by atoms with E-state index in [1.165, 1.54) is 0 Å². The molecule has 1 rings (SSSR count). The zero-order chi connectivity index (χ0) is 9.46. The smallest absolute Gasteiger partial charge is 0.286 e. The number of ketones is 1. The second kappa shape index (κ2) is 2.73. The van der Waals surface area contributed by atoms with Crippen LogP contribution in [0.15, 0.2) is 0 Å². The predicted molar refractivity (Wildman–Crippen MR) is 46.1 cm³/mol. The van der Waals surface area contributed by atoms with Crippen LogP contribution in [0.5, 0.6) is 0 Å². The van der Waals surface area contributed by atoms with E-state index in [2.05, 4.69) is 0 Å². The molecule has 0 saturated carbocycles. The van der Waals surface area contributed by atoms with Gasteiger partial charge in [0.1, 0.15) is 11.4 Å². The van der Waals surface area contributed by atoms with Crippen molar-refractivity contribution in [3.8, 4) is 0 Å². The zero-order valence-electron chi connectivity index (χ0n) is 8.30. The van der Waals surface area contributed by atoms with Gasteiger partial charge in [0.15, 0.2) is 0 Å². The summed E-state index contributed by atoms with van der Waals surface area (Å²) in [6.07, 6.45) is 0. The highest BCUT2D eigenvalue weighted by Gasteiger charge is 2.23. The van der Waals surface area contributed by atoms with Gasteiger partial charge < -0.3 is 0 Å². The number of aromatic nitrogens is 2. The standard InChI is InChI=1S/C9H15N2O/c1-6-7(2)11(5)9(8(3)12)10(6)4/h1-5H3/q+1. The zero-order valence-corrected chi connectivity index (χ0v) is 8.30. The van der Waals surface area contributed by atoms with Gasteiger partial charge in [-0.05, 0) is 0 Å². The SMILES string of the molecule is CC(=O)c1n(C)c(C)c(C)[n+]1C. The molecule has 3 nitrogen and oxygen atoms in total. The Kier molecular flexibility index (Phi) is 2.04. The van der Waals surface area contributed by atoms with Crippen LogP contribution < -0.4 is 4.57 Å². The number of imidazole rings is 1. The number of hydrogen-bond donors (Lipinski definition) is 0. The van der Waals surface area contributed by atoms with Crippen molar-refractivity contribution in [3.63, 3.8) is 0 Å². The van der Waals surface area contributed by atoms with Crippen molar-refractivity contribution in [3.05, 3.63) is 17.2 Å². The van der Waals surface area contributed by atoms with Gasteiger partial charge in [-0.3, -0.25) is 4.79 Å². The van der Waals surface area contributed by atoms with Gasteiger partial charge in [0.2, 0.25) is 5.78 Å². The summed E-state index contributed by atoms with van der Waals surface area (Å²) in [7, 11) is 3.83. The number of Topliss-reactive ketones (excluding diaryl/α,β-unsaturated/α-hetero) is 1. The summed E-state index contributed by atoms with van der Waals surface area (Å²) in [5.41, 5.74) is 2.28. The van der Waals surface area contributed by atoms with Crippen LogP contribution in [0, 0.1) is 13.8 Å². The van der Waals surface area contributed by atoms with E-state index in [0.717, 1.165) is 17.2 Å². The van der Waals surface area contributed by atoms with E-state index in [-0.39, 0.29) is 5.78 Å². The Morgan fingerprint density at radius 2 is 1.92 bits per heavy atom. The molecule has 0 N–H and O–H groups in total. The molecule has 0 aliphatic carbocycles. The molecule has 0 aliphatic rings. The van der Waals surface area contributed by atoms with Crippen LogP contribution in [0.4, 0.5) is 0 Å². The van der Waals surface area contributed by atoms with Gasteiger partial charge in [0.05, 0.1) is 14.1 Å². The molecule has 0 aliphatic heterocycles. The van der Waals surface area contributed by atoms with Crippen molar-refractivity contribution >= 4 is 5.78 Å². The van der Waals surface area contributed by atoms with Gasteiger partial charge in [-0.25, -0.2) is 9.13 Å². The lowest BCUT2D eigenvalue weighted by atomic mass is 10.4. The monoisotopic (exact) mass is 167 g/mol. The first-order chi connectivity index (χ1) is 5.46. The summed E-state index contributed by atoms with van der Waals surface area (Å²) < 4.78 is 3.86. The number of rotatable bonds is 1. The van der Waals surface area contributed by atoms with E-state index in [9.17, 15) is 4.79 Å². The van der Waals surface area contributed by atoms with Gasteiger partial charge >= 0.3 is 5.82 Å². The van der Waals surface area contributed by atoms with Crippen molar-refractivity contribution in [2.45, 2.75) is 20.8 Å². The van der Waals surface area contributed by atoms with Crippen LogP contribution in [0.2, 0.25) is 0 Å². The highest BCUT2D eigenvalue weighted by Crippen LogP contribution is 2.05. The minimum absolute atomic E-state index is 0.108. The molecular formula is C9H15N2O+. The largest absolute Gasteiger partial charge is 0.325 e. The fourth-order valence-corrected chi connectivity index (χ4v) is 1.50. The third kappa shape index (κ3) is 1.05. The molecule has 0 radical (unpaired) electrons. The third-order valence-corrected chi connectivity index (χ3v) is 2.48. The number of carbonyl (C=O) groups excluding carboxylic acids is 1. The van der Waals surface area contributed by atoms with Crippen molar-refractivity contribution in [2.24, 2.45) is 14.1 Å². The second-order valence-corrected chi connectivity index (χ2v) is 3.17. The first-order valence-corrected chi connectivity index (χ1v) is 3.99. The van der Waals surface area contributed by atoms with Crippen molar-refractivity contribution < 1.29 is 9.36 Å². The third-order valence-electron chi connectivity index (χ3n) is 2.48. The van der Waals surface area contributed by atoms with Crippen LogP contribution in [0.3, 0.4) is 0 Å². The average Bonchev–Trinajstić information content (AvgIpc) is 2.16. The molecule has 0 amide bonds. The van der Waals surface area contributed by atoms with Crippen LogP contribution in [0.25, 0.3) is 0 Å². The molecule has 0 atom stereocenters. The van der Waals surface area contributed by atoms with E-state index < -0.39 is 0 Å². The van der Waals surface area contributed by atoms with Crippen LogP contribution in [-0.2, 0) is 14.1 Å². The fourth-order valence-electron chi connectivity index (χ4n) is 1.50. The molecule has 1 aromatic heterocycles. The van der Waals surface area contributed by atoms with Gasteiger partial charge in [-0.15, -0.1) is 0 Å². The minimum atomic E-state index is 0.108. The predicted octanol–water partition coefficient (Wildman–Crippen LogP) is 0.669. The lowest BCUT2D eigenvalue weighted by Gasteiger charge is -1.91. The summed E-state index contributed by atoms with van der Waals surface area (Å²) in [6, 6.07) is 0. The Hall–Kier alpha value is -1.12. The van der Waals surface area contributed by atoms with E-state index >= 15 is 0 Å². The van der Waals surface area contributed by atoms with Crippen LogP contribution in [-0.4, -0.2) is 10.4 Å². The van der Waals surface area contributed by atoms with Crippen molar-refractivity contribution in [1.29, 1.82) is 0 Å². The number of hydrogen-bond acceptors (Lipinski definition) is 1. The highest BCUT2D eigenvalue weighted by molar-refractivity contribution is 5.89. The Morgan fingerprint density at radius 3 is 2.08 bits per heavy atom. The average molecular weight is 167 g/mol. The molecule has 66 valence electrons. The van der Waals surface area contributed by atoms with Gasteiger partial charge in [-0.2, -0.15) is 0 Å². The van der Waals surface area contributed by atoms with E-state index in [4.69, 9.17) is 0 Å². The normalized spacial score (nSPS) is 10.4. The van der Waals surface area contributed by atoms with E-state index in [1.54, 1.807) is 6.92 Å². The molecular weight excluding hydrogens is 152 g/mol. The summed E-state index contributed by atoms with van der Waals surface area (Å²) >= 11 is 0. The molecule has 0 unspecified atom stereocenters. The maximum atomic E-state index is 11.2. The van der Waals surface area contributed by atoms with Crippen molar-refractivity contribution in [1.82, 2.24) is 4.57 Å². The van der Waals surface area contributed by atoms with Gasteiger partial charge in [-0.1, -0.05) is 0 Å². The van der Waals surface area contributed by atoms with Crippen molar-refractivity contribution in [2.75, 3.05) is 0 Å². The summed E-state index contributed by atoms with van der Waals surface area (Å²) in [5, 5.41) is 0. The Balaban J connectivity index is 3.48. The molecule has 12 heavy (non-hydrogen) atoms. The second-order valence-electron chi connectivity index (χ2n) is 3.17. The Labute approximate surface area is 72.6 Å². The lowest BCUT2D eigenvalue weighted by Crippen LogP contribution is -2.36. The van der Waals surface area contributed by atoms with Gasteiger partial charge in [0.25, 0.3) is 0 Å². The Bertz CT molecular complexity index is 311. The lowest BCUT2D eigenvalue weighted by molar-refractivity contribution is -0.678. The van der Waals surface area contributed by atoms with E-state index in [1.807, 2.05) is 37.1 Å². The number of nitrogens with zero attached hydrogens (tertiary/aromatic N) is 2. The molecule has 0 saturated heterocycles. The van der Waals surface area contributed by atoms with E-state index in [0.29, 0.717) is 0 Å². The molecule has 0 aromatic carbocycles. The van der Waals surface area contributed by atoms with Crippen LogP contribution in [0.1, 0.15) is 28.9 Å². The summed E-state index contributed by atoms with van der Waals surface area (Å²) in [5.74, 6) is 0.862. The van der Waals surface area contributed by atoms with Gasteiger partial charge in [0, 0.05) is 20.8 Å². The quantitative estimate of drug-likeness (QED) is 0.446. The summed E-state index contributed by atoms with van der Waals surface area (Å²) in [6.45, 7) is 5.62. The first kappa shape index (κ1) is 8.97. The number of carbonyl (C=O) groups is 1. The highest BCUT2D eigenvalue weighted by atomic mass is 16.1. The van der Waals surface area contributed by atoms with Crippen LogP contribution >= 0.6 is 0 Å².